The number of carbonyl (C=O) groups is 1. The number of Topliss-reactive ketones (excluding diaryl/α,β-unsaturated/α-hetero) is 1. The molecule has 1 aliphatic carbocycles. The molecule has 0 spiro atoms. The quantitative estimate of drug-likeness (QED) is 0.562. The summed E-state index contributed by atoms with van der Waals surface area (Å²) in [5, 5.41) is 0. The Morgan fingerprint density at radius 3 is 2.33 bits per heavy atom. The summed E-state index contributed by atoms with van der Waals surface area (Å²) in [6.45, 7) is 4.48. The first kappa shape index (κ1) is 19.6. The van der Waals surface area contributed by atoms with E-state index >= 15 is 0 Å². The zero-order valence-electron chi connectivity index (χ0n) is 16.4. The van der Waals surface area contributed by atoms with Gasteiger partial charge in [0.1, 0.15) is 24.0 Å². The van der Waals surface area contributed by atoms with E-state index in [1.54, 1.807) is 12.1 Å². The molecule has 0 amide bonds. The zero-order chi connectivity index (χ0) is 19.2. The maximum absolute atomic E-state index is 13.0. The van der Waals surface area contributed by atoms with E-state index in [0.29, 0.717) is 25.2 Å². The highest BCUT2D eigenvalue weighted by molar-refractivity contribution is 5.81. The molecule has 0 atom stereocenters. The minimum absolute atomic E-state index is 0.243. The van der Waals surface area contributed by atoms with Gasteiger partial charge in [0, 0.05) is 12.8 Å². The predicted octanol–water partition coefficient (Wildman–Crippen LogP) is 6.10. The highest BCUT2D eigenvalue weighted by atomic mass is 19.1. The first-order chi connectivity index (χ1) is 13.0. The van der Waals surface area contributed by atoms with Gasteiger partial charge >= 0.3 is 0 Å². The first-order valence-corrected chi connectivity index (χ1v) is 10.0. The van der Waals surface area contributed by atoms with Crippen molar-refractivity contribution in [2.45, 2.75) is 65.4 Å². The van der Waals surface area contributed by atoms with Crippen LogP contribution >= 0.6 is 0 Å². The highest BCUT2D eigenvalue weighted by Gasteiger charge is 2.17. The summed E-state index contributed by atoms with van der Waals surface area (Å²) in [5.74, 6) is 1.65. The summed E-state index contributed by atoms with van der Waals surface area (Å²) in [4.78, 5) is 12.4. The van der Waals surface area contributed by atoms with Crippen LogP contribution in [0.5, 0.6) is 5.75 Å². The van der Waals surface area contributed by atoms with Crippen LogP contribution in [0, 0.1) is 25.6 Å². The zero-order valence-corrected chi connectivity index (χ0v) is 16.4. The molecule has 27 heavy (non-hydrogen) atoms. The van der Waals surface area contributed by atoms with Gasteiger partial charge in [-0.2, -0.15) is 0 Å². The van der Waals surface area contributed by atoms with Crippen LogP contribution in [-0.4, -0.2) is 5.78 Å². The molecule has 0 aliphatic heterocycles. The van der Waals surface area contributed by atoms with Crippen molar-refractivity contribution < 1.29 is 13.9 Å². The molecule has 0 aromatic heterocycles. The Bertz CT molecular complexity index is 750. The molecular weight excluding hydrogens is 339 g/mol. The number of rotatable bonds is 8. The van der Waals surface area contributed by atoms with E-state index in [-0.39, 0.29) is 5.82 Å². The smallest absolute Gasteiger partial charge is 0.137 e. The van der Waals surface area contributed by atoms with Gasteiger partial charge in [0.15, 0.2) is 0 Å². The lowest BCUT2D eigenvalue weighted by atomic mass is 9.94. The van der Waals surface area contributed by atoms with Crippen molar-refractivity contribution in [3.8, 4) is 5.75 Å². The second-order valence-electron chi connectivity index (χ2n) is 7.86. The molecule has 0 N–H and O–H groups in total. The van der Waals surface area contributed by atoms with Crippen molar-refractivity contribution in [3.63, 3.8) is 0 Å². The lowest BCUT2D eigenvalue weighted by Gasteiger charge is -2.14. The van der Waals surface area contributed by atoms with Gasteiger partial charge in [-0.3, -0.25) is 4.79 Å². The van der Waals surface area contributed by atoms with E-state index < -0.39 is 0 Å². The molecular formula is C24H29FO2. The minimum Gasteiger partial charge on any atom is -0.489 e. The van der Waals surface area contributed by atoms with Gasteiger partial charge in [-0.1, -0.05) is 37.8 Å². The number of ether oxygens (including phenoxy) is 1. The summed E-state index contributed by atoms with van der Waals surface area (Å²) < 4.78 is 18.8. The average molecular weight is 368 g/mol. The van der Waals surface area contributed by atoms with E-state index in [1.165, 1.54) is 37.8 Å². The van der Waals surface area contributed by atoms with E-state index in [2.05, 4.69) is 0 Å². The molecule has 0 saturated heterocycles. The van der Waals surface area contributed by atoms with Crippen molar-refractivity contribution in [3.05, 3.63) is 64.5 Å². The molecule has 2 nitrogen and oxygen atoms in total. The lowest BCUT2D eigenvalue weighted by Crippen LogP contribution is -2.08. The normalized spacial score (nSPS) is 14.5. The number of halogens is 1. The molecule has 3 heteroatoms. The fourth-order valence-corrected chi connectivity index (χ4v) is 4.01. The Morgan fingerprint density at radius 1 is 1.07 bits per heavy atom. The summed E-state index contributed by atoms with van der Waals surface area (Å²) in [5.41, 5.74) is 4.25. The summed E-state index contributed by atoms with van der Waals surface area (Å²) in [6.07, 6.45) is 7.52. The predicted molar refractivity (Wildman–Crippen MR) is 107 cm³/mol. The van der Waals surface area contributed by atoms with Crippen LogP contribution in [0.1, 0.15) is 60.8 Å². The van der Waals surface area contributed by atoms with Crippen LogP contribution < -0.4 is 4.74 Å². The maximum atomic E-state index is 13.0. The summed E-state index contributed by atoms with van der Waals surface area (Å²) in [7, 11) is 0. The Balaban J connectivity index is 1.56. The topological polar surface area (TPSA) is 26.3 Å². The fraction of sp³-hybridized carbons (Fsp3) is 0.458. The second-order valence-corrected chi connectivity index (χ2v) is 7.86. The van der Waals surface area contributed by atoms with Crippen molar-refractivity contribution >= 4 is 5.78 Å². The Hall–Kier alpha value is -2.16. The number of ketones is 1. The third kappa shape index (κ3) is 5.66. The van der Waals surface area contributed by atoms with Crippen molar-refractivity contribution in [2.75, 3.05) is 0 Å². The summed E-state index contributed by atoms with van der Waals surface area (Å²) >= 11 is 0. The molecule has 0 bridgehead atoms. The highest BCUT2D eigenvalue weighted by Crippen LogP contribution is 2.29. The van der Waals surface area contributed by atoms with Crippen LogP contribution in [0.3, 0.4) is 0 Å². The Labute approximate surface area is 161 Å². The van der Waals surface area contributed by atoms with Crippen molar-refractivity contribution in [2.24, 2.45) is 5.92 Å². The number of benzene rings is 2. The van der Waals surface area contributed by atoms with Crippen LogP contribution in [0.25, 0.3) is 0 Å². The van der Waals surface area contributed by atoms with Gasteiger partial charge in [-0.15, -0.1) is 0 Å². The van der Waals surface area contributed by atoms with Crippen LogP contribution in [0.15, 0.2) is 36.4 Å². The third-order valence-corrected chi connectivity index (χ3v) is 5.67. The van der Waals surface area contributed by atoms with E-state index in [0.717, 1.165) is 40.3 Å². The number of hydrogen-bond acceptors (Lipinski definition) is 2. The second kappa shape index (κ2) is 9.16. The van der Waals surface area contributed by atoms with Crippen LogP contribution in [0.2, 0.25) is 0 Å². The number of aryl methyl sites for hydroxylation is 2. The van der Waals surface area contributed by atoms with Gasteiger partial charge in [0.05, 0.1) is 0 Å². The largest absolute Gasteiger partial charge is 0.489 e. The molecule has 1 saturated carbocycles. The van der Waals surface area contributed by atoms with Crippen molar-refractivity contribution in [1.82, 2.24) is 0 Å². The molecule has 1 fully saturated rings. The number of hydrogen-bond donors (Lipinski definition) is 0. The molecule has 3 rings (SSSR count). The first-order valence-electron chi connectivity index (χ1n) is 10.0. The molecule has 2 aromatic carbocycles. The van der Waals surface area contributed by atoms with Gasteiger partial charge in [-0.05, 0) is 72.7 Å². The fourth-order valence-electron chi connectivity index (χ4n) is 4.01. The molecule has 2 aromatic rings. The van der Waals surface area contributed by atoms with Gasteiger partial charge < -0.3 is 4.74 Å². The molecule has 1 aliphatic rings. The Kier molecular flexibility index (Phi) is 6.65. The standard InChI is InChI=1S/C24H29FO2/c1-17-13-23(27-16-20-7-10-21(25)11-8-20)14-18(2)24(17)15-22(26)12-9-19-5-3-4-6-19/h7-8,10-11,13-14,19H,3-6,9,12,15-16H2,1-2H3. The van der Waals surface area contributed by atoms with E-state index in [1.807, 2.05) is 26.0 Å². The van der Waals surface area contributed by atoms with Gasteiger partial charge in [-0.25, -0.2) is 4.39 Å². The van der Waals surface area contributed by atoms with Gasteiger partial charge in [0.25, 0.3) is 0 Å². The number of carbonyl (C=O) groups excluding carboxylic acids is 1. The van der Waals surface area contributed by atoms with Crippen LogP contribution in [-0.2, 0) is 17.8 Å². The SMILES string of the molecule is Cc1cc(OCc2ccc(F)cc2)cc(C)c1CC(=O)CCC1CCCC1. The maximum Gasteiger partial charge on any atom is 0.137 e. The van der Waals surface area contributed by atoms with Gasteiger partial charge in [0.2, 0.25) is 0 Å². The monoisotopic (exact) mass is 368 g/mol. The summed E-state index contributed by atoms with van der Waals surface area (Å²) in [6, 6.07) is 10.3. The molecule has 144 valence electrons. The third-order valence-electron chi connectivity index (χ3n) is 5.67. The average Bonchev–Trinajstić information content (AvgIpc) is 3.16. The molecule has 0 unspecified atom stereocenters. The molecule has 0 radical (unpaired) electrons. The Morgan fingerprint density at radius 2 is 1.70 bits per heavy atom. The van der Waals surface area contributed by atoms with E-state index in [4.69, 9.17) is 4.74 Å². The lowest BCUT2D eigenvalue weighted by molar-refractivity contribution is -0.118. The molecule has 0 heterocycles. The van der Waals surface area contributed by atoms with Crippen LogP contribution in [0.4, 0.5) is 4.39 Å². The minimum atomic E-state index is -0.243. The van der Waals surface area contributed by atoms with Crippen molar-refractivity contribution in [1.29, 1.82) is 0 Å². The van der Waals surface area contributed by atoms with E-state index in [9.17, 15) is 9.18 Å².